The lowest BCUT2D eigenvalue weighted by molar-refractivity contribution is -0.130. The van der Waals surface area contributed by atoms with Crippen molar-refractivity contribution < 1.29 is 14.3 Å². The van der Waals surface area contributed by atoms with Gasteiger partial charge in [-0.15, -0.1) is 11.3 Å². The molecule has 3 rings (SSSR count). The zero-order chi connectivity index (χ0) is 17.6. The maximum atomic E-state index is 13.0. The van der Waals surface area contributed by atoms with Crippen molar-refractivity contribution in [1.29, 1.82) is 0 Å². The number of para-hydroxylation sites is 1. The third-order valence-electron chi connectivity index (χ3n) is 4.46. The summed E-state index contributed by atoms with van der Waals surface area (Å²) in [5, 5.41) is 3.38. The Morgan fingerprint density at radius 2 is 2.20 bits per heavy atom. The number of nitrogens with one attached hydrogen (secondary N) is 1. The summed E-state index contributed by atoms with van der Waals surface area (Å²) in [4.78, 5) is 29.8. The number of hydrogen-bond donors (Lipinski definition) is 1. The van der Waals surface area contributed by atoms with Crippen molar-refractivity contribution in [2.45, 2.75) is 57.6 Å². The molecule has 1 unspecified atom stereocenters. The van der Waals surface area contributed by atoms with Gasteiger partial charge >= 0.3 is 0 Å². The van der Waals surface area contributed by atoms with Crippen molar-refractivity contribution in [3.63, 3.8) is 0 Å². The van der Waals surface area contributed by atoms with Gasteiger partial charge in [-0.3, -0.25) is 9.59 Å². The number of rotatable bonds is 8. The number of benzene rings is 1. The van der Waals surface area contributed by atoms with Gasteiger partial charge in [0, 0.05) is 6.61 Å². The molecule has 1 fully saturated rings. The Balaban J connectivity index is 1.74. The van der Waals surface area contributed by atoms with E-state index in [9.17, 15) is 9.59 Å². The van der Waals surface area contributed by atoms with Crippen LogP contribution in [0.5, 0.6) is 0 Å². The predicted molar refractivity (Wildman–Crippen MR) is 99.0 cm³/mol. The van der Waals surface area contributed by atoms with Gasteiger partial charge in [-0.05, 0) is 31.4 Å². The third-order valence-corrected chi connectivity index (χ3v) is 5.51. The van der Waals surface area contributed by atoms with Crippen LogP contribution >= 0.6 is 11.3 Å². The largest absolute Gasteiger partial charge is 0.368 e. The van der Waals surface area contributed by atoms with Crippen LogP contribution in [0.15, 0.2) is 24.3 Å². The standard InChI is InChI=1S/C19H24N2O3S/c1-2-3-4-9-14(20-18(23)15-10-7-12-24-15)17(22)19-21-13-8-5-6-11-16(13)25-19/h5-6,8,11,14-15H,2-4,7,9-10,12H2,1H3,(H,20,23)/t14-,15?/m0/s1. The van der Waals surface area contributed by atoms with Crippen molar-refractivity contribution in [3.05, 3.63) is 29.3 Å². The van der Waals surface area contributed by atoms with Gasteiger partial charge in [-0.2, -0.15) is 0 Å². The number of amides is 1. The summed E-state index contributed by atoms with van der Waals surface area (Å²) >= 11 is 1.39. The summed E-state index contributed by atoms with van der Waals surface area (Å²) in [5.74, 6) is -0.267. The van der Waals surface area contributed by atoms with E-state index in [1.807, 2.05) is 24.3 Å². The minimum absolute atomic E-state index is 0.0938. The van der Waals surface area contributed by atoms with Crippen LogP contribution in [0, 0.1) is 0 Å². The van der Waals surface area contributed by atoms with E-state index in [1.165, 1.54) is 11.3 Å². The van der Waals surface area contributed by atoms with E-state index < -0.39 is 12.1 Å². The SMILES string of the molecule is CCCCC[C@H](NC(=O)C1CCCO1)C(=O)c1nc2ccccc2s1. The molecular weight excluding hydrogens is 336 g/mol. The van der Waals surface area contributed by atoms with Crippen LogP contribution in [-0.4, -0.2) is 35.4 Å². The normalized spacial score (nSPS) is 18.4. The second kappa shape index (κ2) is 8.54. The second-order valence-electron chi connectivity index (χ2n) is 6.41. The molecule has 6 heteroatoms. The van der Waals surface area contributed by atoms with Gasteiger partial charge < -0.3 is 10.1 Å². The molecule has 2 atom stereocenters. The Morgan fingerprint density at radius 3 is 2.92 bits per heavy atom. The first-order chi connectivity index (χ1) is 12.2. The van der Waals surface area contributed by atoms with E-state index in [0.29, 0.717) is 18.0 Å². The lowest BCUT2D eigenvalue weighted by Gasteiger charge is -2.18. The molecule has 25 heavy (non-hydrogen) atoms. The Kier molecular flexibility index (Phi) is 6.15. The quantitative estimate of drug-likeness (QED) is 0.575. The molecule has 2 heterocycles. The highest BCUT2D eigenvalue weighted by Gasteiger charge is 2.29. The molecule has 0 bridgehead atoms. The summed E-state index contributed by atoms with van der Waals surface area (Å²) in [7, 11) is 0. The number of Topliss-reactive ketones (excluding diaryl/α,β-unsaturated/α-hetero) is 1. The molecular formula is C19H24N2O3S. The van der Waals surface area contributed by atoms with Gasteiger partial charge in [-0.25, -0.2) is 4.98 Å². The van der Waals surface area contributed by atoms with Crippen LogP contribution in [0.2, 0.25) is 0 Å². The van der Waals surface area contributed by atoms with Crippen molar-refractivity contribution in [1.82, 2.24) is 10.3 Å². The third kappa shape index (κ3) is 4.44. The van der Waals surface area contributed by atoms with Crippen molar-refractivity contribution in [3.8, 4) is 0 Å². The highest BCUT2D eigenvalue weighted by molar-refractivity contribution is 7.20. The number of unbranched alkanes of at least 4 members (excludes halogenated alkanes) is 2. The number of carbonyl (C=O) groups excluding carboxylic acids is 2. The number of aromatic nitrogens is 1. The fourth-order valence-electron chi connectivity index (χ4n) is 3.04. The van der Waals surface area contributed by atoms with Gasteiger partial charge in [0.25, 0.3) is 0 Å². The molecule has 0 saturated carbocycles. The number of fused-ring (bicyclic) bond motifs is 1. The van der Waals surface area contributed by atoms with Crippen molar-refractivity contribution >= 4 is 33.2 Å². The van der Waals surface area contributed by atoms with E-state index in [-0.39, 0.29) is 11.7 Å². The maximum Gasteiger partial charge on any atom is 0.249 e. The smallest absolute Gasteiger partial charge is 0.249 e. The molecule has 0 radical (unpaired) electrons. The molecule has 5 nitrogen and oxygen atoms in total. The molecule has 1 saturated heterocycles. The summed E-state index contributed by atoms with van der Waals surface area (Å²) < 4.78 is 6.43. The average molecular weight is 360 g/mol. The van der Waals surface area contributed by atoms with Gasteiger partial charge in [0.1, 0.15) is 6.10 Å². The Morgan fingerprint density at radius 1 is 1.36 bits per heavy atom. The van der Waals surface area contributed by atoms with Gasteiger partial charge in [-0.1, -0.05) is 38.3 Å². The summed E-state index contributed by atoms with van der Waals surface area (Å²) in [6.07, 6.45) is 4.86. The number of nitrogens with zero attached hydrogens (tertiary/aromatic N) is 1. The molecule has 1 aromatic carbocycles. The molecule has 1 amide bonds. The fourth-order valence-corrected chi connectivity index (χ4v) is 4.00. The van der Waals surface area contributed by atoms with Crippen molar-refractivity contribution in [2.24, 2.45) is 0 Å². The zero-order valence-electron chi connectivity index (χ0n) is 14.5. The van der Waals surface area contributed by atoms with Crippen LogP contribution < -0.4 is 5.32 Å². The number of hydrogen-bond acceptors (Lipinski definition) is 5. The van der Waals surface area contributed by atoms with Crippen LogP contribution in [0.3, 0.4) is 0 Å². The lowest BCUT2D eigenvalue weighted by atomic mass is 10.0. The molecule has 0 aliphatic carbocycles. The van der Waals surface area contributed by atoms with Gasteiger partial charge in [0.15, 0.2) is 5.01 Å². The summed E-state index contributed by atoms with van der Waals surface area (Å²) in [6.45, 7) is 2.74. The summed E-state index contributed by atoms with van der Waals surface area (Å²) in [6, 6.07) is 7.19. The fraction of sp³-hybridized carbons (Fsp3) is 0.526. The number of ether oxygens (including phenoxy) is 1. The van der Waals surface area contributed by atoms with Crippen LogP contribution in [-0.2, 0) is 9.53 Å². The molecule has 134 valence electrons. The number of carbonyl (C=O) groups is 2. The van der Waals surface area contributed by atoms with Gasteiger partial charge in [0.05, 0.1) is 16.3 Å². The predicted octanol–water partition coefficient (Wildman–Crippen LogP) is 3.72. The average Bonchev–Trinajstić information content (AvgIpc) is 3.29. The first-order valence-electron chi connectivity index (χ1n) is 9.01. The molecule has 1 aliphatic rings. The number of thiazole rings is 1. The Hall–Kier alpha value is -1.79. The second-order valence-corrected chi connectivity index (χ2v) is 7.44. The molecule has 1 N–H and O–H groups in total. The molecule has 1 aliphatic heterocycles. The Labute approximate surface area is 151 Å². The molecule has 0 spiro atoms. The summed E-state index contributed by atoms with van der Waals surface area (Å²) in [5.41, 5.74) is 0.827. The minimum Gasteiger partial charge on any atom is -0.368 e. The monoisotopic (exact) mass is 360 g/mol. The first kappa shape index (κ1) is 18.0. The topological polar surface area (TPSA) is 68.3 Å². The van der Waals surface area contributed by atoms with Gasteiger partial charge in [0.2, 0.25) is 11.7 Å². The highest BCUT2D eigenvalue weighted by Crippen LogP contribution is 2.23. The van der Waals surface area contributed by atoms with E-state index >= 15 is 0 Å². The van der Waals surface area contributed by atoms with Crippen LogP contribution in [0.4, 0.5) is 0 Å². The zero-order valence-corrected chi connectivity index (χ0v) is 15.3. The van der Waals surface area contributed by atoms with Crippen LogP contribution in [0.1, 0.15) is 55.3 Å². The maximum absolute atomic E-state index is 13.0. The van der Waals surface area contributed by atoms with E-state index in [4.69, 9.17) is 4.74 Å². The minimum atomic E-state index is -0.524. The molecule has 2 aromatic rings. The van der Waals surface area contributed by atoms with E-state index in [0.717, 1.165) is 42.3 Å². The molecule has 1 aromatic heterocycles. The first-order valence-corrected chi connectivity index (χ1v) is 9.82. The Bertz CT molecular complexity index is 704. The van der Waals surface area contributed by atoms with E-state index in [2.05, 4.69) is 17.2 Å². The lowest BCUT2D eigenvalue weighted by Crippen LogP contribution is -2.45. The highest BCUT2D eigenvalue weighted by atomic mass is 32.1. The number of ketones is 1. The van der Waals surface area contributed by atoms with Crippen LogP contribution in [0.25, 0.3) is 10.2 Å². The van der Waals surface area contributed by atoms with Crippen molar-refractivity contribution in [2.75, 3.05) is 6.61 Å². The van der Waals surface area contributed by atoms with E-state index in [1.54, 1.807) is 0 Å².